The fourth-order valence-electron chi connectivity index (χ4n) is 1.68. The van der Waals surface area contributed by atoms with E-state index < -0.39 is 5.97 Å². The first-order chi connectivity index (χ1) is 8.97. The third-order valence-electron chi connectivity index (χ3n) is 2.61. The monoisotopic (exact) mass is 277 g/mol. The molecule has 98 valence electrons. The van der Waals surface area contributed by atoms with Gasteiger partial charge in [0, 0.05) is 11.8 Å². The molecule has 0 fully saturated rings. The minimum absolute atomic E-state index is 0.0383. The van der Waals surface area contributed by atoms with Gasteiger partial charge in [-0.25, -0.2) is 4.79 Å². The van der Waals surface area contributed by atoms with Crippen LogP contribution >= 0.6 is 11.6 Å². The minimum Gasteiger partial charge on any atom is -0.478 e. The highest BCUT2D eigenvalue weighted by atomic mass is 35.5. The second-order valence-electron chi connectivity index (χ2n) is 4.10. The van der Waals surface area contributed by atoms with E-state index in [2.05, 4.69) is 4.99 Å². The summed E-state index contributed by atoms with van der Waals surface area (Å²) < 4.78 is 5.38. The molecule has 1 aromatic carbocycles. The average molecular weight is 278 g/mol. The number of carbonyl (C=O) groups is 1. The molecule has 0 bridgehead atoms. The molecule has 0 saturated heterocycles. The van der Waals surface area contributed by atoms with E-state index >= 15 is 0 Å². The van der Waals surface area contributed by atoms with E-state index in [1.54, 1.807) is 12.3 Å². The largest absolute Gasteiger partial charge is 0.478 e. The number of aliphatic imine (C=N–C) groups is 1. The Morgan fingerprint density at radius 3 is 2.68 bits per heavy atom. The third kappa shape index (κ3) is 3.03. The quantitative estimate of drug-likeness (QED) is 0.863. The molecule has 2 rings (SSSR count). The van der Waals surface area contributed by atoms with Crippen molar-refractivity contribution in [2.24, 2.45) is 4.99 Å². The Morgan fingerprint density at radius 1 is 1.37 bits per heavy atom. The van der Waals surface area contributed by atoms with E-state index in [-0.39, 0.29) is 10.6 Å². The van der Waals surface area contributed by atoms with Gasteiger partial charge in [-0.2, -0.15) is 0 Å². The summed E-state index contributed by atoms with van der Waals surface area (Å²) in [7, 11) is 0. The van der Waals surface area contributed by atoms with E-state index in [1.165, 1.54) is 12.1 Å². The van der Waals surface area contributed by atoms with Gasteiger partial charge in [-0.3, -0.25) is 4.99 Å². The van der Waals surface area contributed by atoms with Crippen LogP contribution in [-0.4, -0.2) is 17.3 Å². The van der Waals surface area contributed by atoms with Crippen molar-refractivity contribution in [3.63, 3.8) is 0 Å². The van der Waals surface area contributed by atoms with Crippen molar-refractivity contribution < 1.29 is 14.3 Å². The van der Waals surface area contributed by atoms with Gasteiger partial charge in [0.1, 0.15) is 11.5 Å². The highest BCUT2D eigenvalue weighted by molar-refractivity contribution is 6.33. The van der Waals surface area contributed by atoms with E-state index in [0.717, 1.165) is 17.1 Å². The van der Waals surface area contributed by atoms with Crippen LogP contribution in [-0.2, 0) is 0 Å². The summed E-state index contributed by atoms with van der Waals surface area (Å²) in [5, 5.41) is 9.17. The Morgan fingerprint density at radius 2 is 2.11 bits per heavy atom. The Balaban J connectivity index is 2.31. The maximum Gasteiger partial charge on any atom is 0.337 e. The van der Waals surface area contributed by atoms with Crippen LogP contribution in [0.4, 0.5) is 5.69 Å². The molecule has 1 N–H and O–H groups in total. The first-order valence-corrected chi connectivity index (χ1v) is 5.99. The molecule has 0 saturated carbocycles. The smallest absolute Gasteiger partial charge is 0.337 e. The number of nitrogens with zero attached hydrogens (tertiary/aromatic N) is 1. The van der Waals surface area contributed by atoms with Crippen LogP contribution in [0, 0.1) is 13.8 Å². The van der Waals surface area contributed by atoms with Crippen LogP contribution < -0.4 is 0 Å². The highest BCUT2D eigenvalue weighted by Gasteiger charge is 2.09. The van der Waals surface area contributed by atoms with Gasteiger partial charge in [0.05, 0.1) is 16.3 Å². The van der Waals surface area contributed by atoms with Gasteiger partial charge in [0.15, 0.2) is 0 Å². The molecule has 5 heteroatoms. The summed E-state index contributed by atoms with van der Waals surface area (Å²) in [5.41, 5.74) is 1.43. The predicted molar refractivity (Wildman–Crippen MR) is 73.8 cm³/mol. The fourth-order valence-corrected chi connectivity index (χ4v) is 1.88. The number of hydrogen-bond acceptors (Lipinski definition) is 3. The molecule has 0 atom stereocenters. The summed E-state index contributed by atoms with van der Waals surface area (Å²) in [5.74, 6) is 0.507. The second-order valence-corrected chi connectivity index (χ2v) is 4.50. The molecule has 0 aliphatic heterocycles. The molecule has 2 aromatic rings. The number of carboxylic acids is 1. The zero-order valence-electron chi connectivity index (χ0n) is 10.5. The summed E-state index contributed by atoms with van der Waals surface area (Å²) in [6.45, 7) is 3.70. The van der Waals surface area contributed by atoms with Gasteiger partial charge >= 0.3 is 5.97 Å². The van der Waals surface area contributed by atoms with Gasteiger partial charge in [-0.15, -0.1) is 0 Å². The Hall–Kier alpha value is -2.07. The van der Waals surface area contributed by atoms with Crippen LogP contribution in [0.15, 0.2) is 33.7 Å². The standard InChI is InChI=1S/C14H12ClNO3/c1-8-5-10(9(2)19-8)7-16-11-3-4-13(15)12(6-11)14(17)18/h3-7H,1-2H3,(H,17,18). The number of hydrogen-bond donors (Lipinski definition) is 1. The van der Waals surface area contributed by atoms with Crippen molar-refractivity contribution in [3.8, 4) is 0 Å². The lowest BCUT2D eigenvalue weighted by Crippen LogP contribution is -1.96. The van der Waals surface area contributed by atoms with Gasteiger partial charge in [0.25, 0.3) is 0 Å². The molecule has 0 unspecified atom stereocenters. The van der Waals surface area contributed by atoms with E-state index in [4.69, 9.17) is 21.1 Å². The first-order valence-electron chi connectivity index (χ1n) is 5.61. The van der Waals surface area contributed by atoms with Gasteiger partial charge in [-0.1, -0.05) is 11.6 Å². The van der Waals surface area contributed by atoms with E-state index in [0.29, 0.717) is 5.69 Å². The summed E-state index contributed by atoms with van der Waals surface area (Å²) in [6, 6.07) is 6.48. The maximum atomic E-state index is 11.0. The van der Waals surface area contributed by atoms with Crippen molar-refractivity contribution in [2.75, 3.05) is 0 Å². The topological polar surface area (TPSA) is 62.8 Å². The Labute approximate surface area is 115 Å². The molecule has 4 nitrogen and oxygen atoms in total. The highest BCUT2D eigenvalue weighted by Crippen LogP contribution is 2.23. The molecule has 1 aromatic heterocycles. The van der Waals surface area contributed by atoms with Crippen molar-refractivity contribution in [2.45, 2.75) is 13.8 Å². The zero-order chi connectivity index (χ0) is 14.0. The second kappa shape index (κ2) is 5.28. The van der Waals surface area contributed by atoms with Gasteiger partial charge in [-0.05, 0) is 38.1 Å². The Bertz CT molecular complexity index is 659. The molecule has 0 aliphatic rings. The number of aromatic carboxylic acids is 1. The molecular weight excluding hydrogens is 266 g/mol. The lowest BCUT2D eigenvalue weighted by atomic mass is 10.2. The normalized spacial score (nSPS) is 11.1. The number of furan rings is 1. The molecule has 0 aliphatic carbocycles. The molecule has 19 heavy (non-hydrogen) atoms. The lowest BCUT2D eigenvalue weighted by Gasteiger charge is -1.99. The number of rotatable bonds is 3. The zero-order valence-corrected chi connectivity index (χ0v) is 11.2. The maximum absolute atomic E-state index is 11.0. The van der Waals surface area contributed by atoms with Crippen molar-refractivity contribution in [1.82, 2.24) is 0 Å². The van der Waals surface area contributed by atoms with E-state index in [1.807, 2.05) is 19.9 Å². The van der Waals surface area contributed by atoms with E-state index in [9.17, 15) is 4.79 Å². The Kier molecular flexibility index (Phi) is 3.71. The summed E-state index contributed by atoms with van der Waals surface area (Å²) >= 11 is 5.79. The predicted octanol–water partition coefficient (Wildman–Crippen LogP) is 4.00. The van der Waals surface area contributed by atoms with Crippen LogP contribution in [0.2, 0.25) is 5.02 Å². The molecule has 0 spiro atoms. The van der Waals surface area contributed by atoms with Crippen LogP contribution in [0.3, 0.4) is 0 Å². The lowest BCUT2D eigenvalue weighted by molar-refractivity contribution is 0.0697. The van der Waals surface area contributed by atoms with Crippen LogP contribution in [0.1, 0.15) is 27.4 Å². The molecular formula is C14H12ClNO3. The number of halogens is 1. The average Bonchev–Trinajstić information content (AvgIpc) is 2.66. The summed E-state index contributed by atoms with van der Waals surface area (Å²) in [6.07, 6.45) is 1.64. The van der Waals surface area contributed by atoms with Crippen LogP contribution in [0.5, 0.6) is 0 Å². The van der Waals surface area contributed by atoms with Crippen molar-refractivity contribution >= 4 is 29.5 Å². The minimum atomic E-state index is -1.07. The third-order valence-corrected chi connectivity index (χ3v) is 2.94. The van der Waals surface area contributed by atoms with Crippen molar-refractivity contribution in [1.29, 1.82) is 0 Å². The SMILES string of the molecule is Cc1cc(C=Nc2ccc(Cl)c(C(=O)O)c2)c(C)o1. The van der Waals surface area contributed by atoms with Gasteiger partial charge in [0.2, 0.25) is 0 Å². The van der Waals surface area contributed by atoms with Crippen LogP contribution in [0.25, 0.3) is 0 Å². The van der Waals surface area contributed by atoms with Gasteiger partial charge < -0.3 is 9.52 Å². The summed E-state index contributed by atoms with van der Waals surface area (Å²) in [4.78, 5) is 15.2. The first kappa shape index (κ1) is 13.4. The fraction of sp³-hybridized carbons (Fsp3) is 0.143. The number of aryl methyl sites for hydroxylation is 2. The van der Waals surface area contributed by atoms with Crippen molar-refractivity contribution in [3.05, 3.63) is 51.9 Å². The number of benzene rings is 1. The molecule has 1 heterocycles. The molecule has 0 amide bonds. The number of carboxylic acid groups (broad SMARTS) is 1. The molecule has 0 radical (unpaired) electrons.